The van der Waals surface area contributed by atoms with Gasteiger partial charge < -0.3 is 24.9 Å². The Morgan fingerprint density at radius 1 is 1.18 bits per heavy atom. The molecule has 0 saturated carbocycles. The van der Waals surface area contributed by atoms with Gasteiger partial charge in [-0.1, -0.05) is 29.8 Å². The Morgan fingerprint density at radius 3 is 2.55 bits per heavy atom. The van der Waals surface area contributed by atoms with E-state index in [-0.39, 0.29) is 24.9 Å². The maximum atomic E-state index is 14.1. The average molecular weight is 589 g/mol. The molecule has 2 aromatic carbocycles. The van der Waals surface area contributed by atoms with Crippen LogP contribution in [0.3, 0.4) is 0 Å². The normalized spacial score (nSPS) is 14.2. The minimum absolute atomic E-state index is 0.0908. The highest BCUT2D eigenvalue weighted by Crippen LogP contribution is 2.46. The number of aromatic nitrogens is 3. The van der Waals surface area contributed by atoms with Gasteiger partial charge in [0, 0.05) is 24.1 Å². The molecular formula is C27H34ClN6O5P. The minimum atomic E-state index is -4.09. The fourth-order valence-corrected chi connectivity index (χ4v) is 6.12. The van der Waals surface area contributed by atoms with Crippen molar-refractivity contribution in [2.75, 3.05) is 26.0 Å². The number of nitrogen functional groups attached to an aromatic ring is 1. The first kappa shape index (κ1) is 29.8. The number of halogens is 1. The zero-order valence-corrected chi connectivity index (χ0v) is 24.8. The van der Waals surface area contributed by atoms with Crippen molar-refractivity contribution < 1.29 is 23.1 Å². The second-order valence-corrected chi connectivity index (χ2v) is 11.9. The van der Waals surface area contributed by atoms with Crippen molar-refractivity contribution in [1.29, 1.82) is 0 Å². The van der Waals surface area contributed by atoms with Gasteiger partial charge in [-0.25, -0.2) is 14.5 Å². The van der Waals surface area contributed by atoms with Crippen molar-refractivity contribution in [3.8, 4) is 5.75 Å². The number of hydrogen-bond donors (Lipinski definition) is 3. The first-order chi connectivity index (χ1) is 19.0. The van der Waals surface area contributed by atoms with Crippen LogP contribution in [0.15, 0.2) is 48.5 Å². The molecule has 0 saturated heterocycles. The molecule has 4 aromatic rings. The van der Waals surface area contributed by atoms with Crippen LogP contribution >= 0.6 is 19.3 Å². The van der Waals surface area contributed by atoms with Crippen LogP contribution < -0.4 is 20.7 Å². The summed E-state index contributed by atoms with van der Waals surface area (Å²) in [5.74, 6) is 0.782. The Balaban J connectivity index is 1.76. The van der Waals surface area contributed by atoms with Crippen molar-refractivity contribution in [3.05, 3.63) is 59.4 Å². The third-order valence-corrected chi connectivity index (χ3v) is 8.12. The van der Waals surface area contributed by atoms with Crippen LogP contribution in [0.25, 0.3) is 21.9 Å². The third-order valence-electron chi connectivity index (χ3n) is 6.25. The number of para-hydroxylation sites is 1. The summed E-state index contributed by atoms with van der Waals surface area (Å²) in [5.41, 5.74) is 7.50. The summed E-state index contributed by atoms with van der Waals surface area (Å²) < 4.78 is 33.6. The van der Waals surface area contributed by atoms with Crippen LogP contribution in [0.5, 0.6) is 5.75 Å². The molecule has 40 heavy (non-hydrogen) atoms. The molecule has 2 atom stereocenters. The van der Waals surface area contributed by atoms with Gasteiger partial charge in [-0.05, 0) is 58.0 Å². The number of rotatable bonds is 12. The smallest absolute Gasteiger partial charge is 0.413 e. The summed E-state index contributed by atoms with van der Waals surface area (Å²) in [6.07, 6.45) is 0. The number of hydrogen-bond acceptors (Lipinski definition) is 8. The number of imidazole rings is 1. The van der Waals surface area contributed by atoms with Crippen molar-refractivity contribution in [3.63, 3.8) is 0 Å². The molecule has 0 spiro atoms. The zero-order valence-electron chi connectivity index (χ0n) is 23.1. The molecule has 0 bridgehead atoms. The van der Waals surface area contributed by atoms with Gasteiger partial charge in [0.1, 0.15) is 23.7 Å². The first-order valence-corrected chi connectivity index (χ1v) is 14.7. The number of ether oxygens (including phenoxy) is 1. The fourth-order valence-electron chi connectivity index (χ4n) is 4.33. The van der Waals surface area contributed by atoms with E-state index < -0.39 is 19.3 Å². The van der Waals surface area contributed by atoms with Gasteiger partial charge in [-0.2, -0.15) is 5.09 Å². The van der Waals surface area contributed by atoms with E-state index in [9.17, 15) is 9.36 Å². The third kappa shape index (κ3) is 6.40. The molecule has 0 unspecified atom stereocenters. The summed E-state index contributed by atoms with van der Waals surface area (Å²) in [5, 5.41) is 6.60. The predicted molar refractivity (Wildman–Crippen MR) is 156 cm³/mol. The highest BCUT2D eigenvalue weighted by Gasteiger charge is 2.36. The molecule has 11 nitrogen and oxygen atoms in total. The average Bonchev–Trinajstić information content (AvgIpc) is 3.33. The van der Waals surface area contributed by atoms with E-state index in [1.165, 1.54) is 7.05 Å². The number of benzene rings is 2. The first-order valence-electron chi connectivity index (χ1n) is 12.8. The number of carbonyl (C=O) groups is 1. The molecule has 214 valence electrons. The van der Waals surface area contributed by atoms with Crippen LogP contribution in [-0.2, 0) is 30.8 Å². The van der Waals surface area contributed by atoms with Crippen LogP contribution in [0.1, 0.15) is 33.5 Å². The maximum Gasteiger partial charge on any atom is 0.459 e. The SMILES string of the molecule is CCOCc1nc2c(N)nc3ccccc3c2n1C(C)(C)CO[P@@](=O)(N[C@@H](C)C(=O)NC)Oc1ccc(Cl)cc1. The summed E-state index contributed by atoms with van der Waals surface area (Å²) in [6.45, 7) is 7.92. The van der Waals surface area contributed by atoms with E-state index in [0.717, 1.165) is 10.9 Å². The lowest BCUT2D eigenvalue weighted by Gasteiger charge is -2.32. The number of likely N-dealkylation sites (N-methyl/N-ethyl adjacent to an activating group) is 1. The van der Waals surface area contributed by atoms with E-state index in [2.05, 4.69) is 15.4 Å². The van der Waals surface area contributed by atoms with Crippen molar-refractivity contribution >= 4 is 53.0 Å². The highest BCUT2D eigenvalue weighted by atomic mass is 35.5. The lowest BCUT2D eigenvalue weighted by molar-refractivity contribution is -0.121. The number of nitrogens with one attached hydrogen (secondary N) is 2. The second kappa shape index (κ2) is 12.1. The molecule has 0 fully saturated rings. The van der Waals surface area contributed by atoms with Gasteiger partial charge in [-0.3, -0.25) is 9.32 Å². The van der Waals surface area contributed by atoms with E-state index in [4.69, 9.17) is 36.1 Å². The molecular weight excluding hydrogens is 555 g/mol. The lowest BCUT2D eigenvalue weighted by atomic mass is 10.1. The van der Waals surface area contributed by atoms with Crippen LogP contribution in [0.2, 0.25) is 5.02 Å². The van der Waals surface area contributed by atoms with Gasteiger partial charge in [0.05, 0.1) is 29.2 Å². The van der Waals surface area contributed by atoms with Crippen molar-refractivity contribution in [2.45, 2.75) is 45.9 Å². The molecule has 13 heteroatoms. The molecule has 4 rings (SSSR count). The van der Waals surface area contributed by atoms with Crippen LogP contribution in [-0.4, -0.2) is 46.7 Å². The predicted octanol–water partition coefficient (Wildman–Crippen LogP) is 5.02. The summed E-state index contributed by atoms with van der Waals surface area (Å²) in [7, 11) is -2.60. The van der Waals surface area contributed by atoms with Gasteiger partial charge >= 0.3 is 7.75 Å². The molecule has 4 N–H and O–H groups in total. The summed E-state index contributed by atoms with van der Waals surface area (Å²) in [6, 6.07) is 13.1. The number of fused-ring (bicyclic) bond motifs is 3. The number of nitrogens with zero attached hydrogens (tertiary/aromatic N) is 3. The Morgan fingerprint density at radius 2 is 1.88 bits per heavy atom. The zero-order chi connectivity index (χ0) is 29.1. The summed E-state index contributed by atoms with van der Waals surface area (Å²) in [4.78, 5) is 21.6. The lowest BCUT2D eigenvalue weighted by Crippen LogP contribution is -2.41. The van der Waals surface area contributed by atoms with E-state index in [1.54, 1.807) is 31.2 Å². The number of nitrogens with two attached hydrogens (primary N) is 1. The Bertz CT molecular complexity index is 1560. The molecule has 2 aromatic heterocycles. The van der Waals surface area contributed by atoms with Crippen molar-refractivity contribution in [2.24, 2.45) is 0 Å². The molecule has 0 aliphatic rings. The van der Waals surface area contributed by atoms with E-state index >= 15 is 0 Å². The van der Waals surface area contributed by atoms with Crippen molar-refractivity contribution in [1.82, 2.24) is 24.9 Å². The van der Waals surface area contributed by atoms with Gasteiger partial charge in [0.25, 0.3) is 0 Å². The van der Waals surface area contributed by atoms with E-state index in [0.29, 0.717) is 34.3 Å². The largest absolute Gasteiger partial charge is 0.459 e. The maximum absolute atomic E-state index is 14.1. The van der Waals surface area contributed by atoms with Crippen LogP contribution in [0, 0.1) is 0 Å². The highest BCUT2D eigenvalue weighted by molar-refractivity contribution is 7.52. The minimum Gasteiger partial charge on any atom is -0.413 e. The summed E-state index contributed by atoms with van der Waals surface area (Å²) >= 11 is 6.00. The Kier molecular flexibility index (Phi) is 9.02. The fraction of sp³-hybridized carbons (Fsp3) is 0.370. The Labute approximate surface area is 237 Å². The molecule has 1 amide bonds. The van der Waals surface area contributed by atoms with Gasteiger partial charge in [-0.15, -0.1) is 0 Å². The van der Waals surface area contributed by atoms with Gasteiger partial charge in [0.15, 0.2) is 5.82 Å². The molecule has 0 aliphatic heterocycles. The number of amides is 1. The molecule has 0 aliphatic carbocycles. The van der Waals surface area contributed by atoms with Crippen LogP contribution in [0.4, 0.5) is 5.82 Å². The number of anilines is 1. The molecule has 2 heterocycles. The molecule has 0 radical (unpaired) electrons. The standard InChI is InChI=1S/C27H34ClN6O5P/c1-6-37-15-22-32-23-24(20-9-7-8-10-21(20)31-25(23)29)34(22)27(3,4)16-38-40(36,33-17(2)26(35)30-5)39-19-13-11-18(28)12-14-19/h7-14,17H,6,15-16H2,1-5H3,(H2,29,31)(H,30,35)(H,33,36)/t17-,40-/m0/s1. The Hall–Kier alpha value is -3.21. The van der Waals surface area contributed by atoms with E-state index in [1.807, 2.05) is 49.6 Å². The topological polar surface area (TPSA) is 143 Å². The second-order valence-electron chi connectivity index (χ2n) is 9.81. The number of pyridine rings is 1. The number of carbonyl (C=O) groups excluding carboxylic acids is 1. The monoisotopic (exact) mass is 588 g/mol. The van der Waals surface area contributed by atoms with Gasteiger partial charge in [0.2, 0.25) is 5.91 Å². The quantitative estimate of drug-likeness (QED) is 0.194.